The van der Waals surface area contributed by atoms with Gasteiger partial charge in [-0.3, -0.25) is 9.78 Å². The molecule has 0 bridgehead atoms. The molecule has 0 saturated heterocycles. The minimum absolute atomic E-state index is 0.315. The molecule has 2 aromatic carbocycles. The number of carbonyl (C=O) groups is 1. The molecule has 1 amide bonds. The van der Waals surface area contributed by atoms with E-state index in [9.17, 15) is 4.79 Å². The number of nitrogens with one attached hydrogen (secondary N) is 1. The van der Waals surface area contributed by atoms with Gasteiger partial charge in [-0.2, -0.15) is 5.10 Å². The Morgan fingerprint density at radius 2 is 2.00 bits per heavy atom. The summed E-state index contributed by atoms with van der Waals surface area (Å²) in [6, 6.07) is 18.3. The Morgan fingerprint density at radius 1 is 1.15 bits per heavy atom. The van der Waals surface area contributed by atoms with E-state index in [0.717, 1.165) is 11.1 Å². The lowest BCUT2D eigenvalue weighted by molar-refractivity contribution is 0.0955. The molecule has 1 aromatic heterocycles. The smallest absolute Gasteiger partial charge is 0.272 e. The maximum Gasteiger partial charge on any atom is 0.272 e. The third-order valence-corrected chi connectivity index (χ3v) is 3.73. The summed E-state index contributed by atoms with van der Waals surface area (Å²) in [6.07, 6.45) is 4.65. The molecule has 0 unspecified atom stereocenters. The number of carbonyl (C=O) groups excluding carboxylic acids is 1. The van der Waals surface area contributed by atoms with E-state index in [-0.39, 0.29) is 5.91 Å². The number of nitrogens with zero attached hydrogens (tertiary/aromatic N) is 2. The third-order valence-electron chi connectivity index (χ3n) is 3.48. The highest BCUT2D eigenvalue weighted by Gasteiger charge is 2.02. The minimum atomic E-state index is -0.315. The molecule has 0 saturated carbocycles. The van der Waals surface area contributed by atoms with Crippen molar-refractivity contribution in [3.8, 4) is 5.75 Å². The van der Waals surface area contributed by atoms with Gasteiger partial charge in [0.15, 0.2) is 0 Å². The highest BCUT2D eigenvalue weighted by atomic mass is 35.5. The summed E-state index contributed by atoms with van der Waals surface area (Å²) in [4.78, 5) is 15.8. The number of pyridine rings is 1. The van der Waals surface area contributed by atoms with Gasteiger partial charge in [0.1, 0.15) is 12.4 Å². The van der Waals surface area contributed by atoms with Crippen molar-refractivity contribution in [3.63, 3.8) is 0 Å². The van der Waals surface area contributed by atoms with E-state index in [2.05, 4.69) is 15.5 Å². The topological polar surface area (TPSA) is 63.6 Å². The van der Waals surface area contributed by atoms with Crippen LogP contribution in [0.4, 0.5) is 0 Å². The van der Waals surface area contributed by atoms with Crippen LogP contribution in [0.5, 0.6) is 5.75 Å². The van der Waals surface area contributed by atoms with Crippen LogP contribution in [0.25, 0.3) is 0 Å². The Bertz CT molecular complexity index is 896. The standard InChI is InChI=1S/C20H16ClN3O2/c21-18-8-6-15(7-9-18)14-26-19-5-1-3-16(11-19)12-23-24-20(25)17-4-2-10-22-13-17/h1-13H,14H2,(H,24,25). The average Bonchev–Trinajstić information content (AvgIpc) is 2.68. The Morgan fingerprint density at radius 3 is 2.77 bits per heavy atom. The number of hydrogen-bond donors (Lipinski definition) is 1. The molecule has 1 N–H and O–H groups in total. The predicted molar refractivity (Wildman–Crippen MR) is 102 cm³/mol. The molecule has 6 heteroatoms. The van der Waals surface area contributed by atoms with E-state index < -0.39 is 0 Å². The molecule has 3 rings (SSSR count). The second-order valence-corrected chi connectivity index (χ2v) is 5.86. The van der Waals surface area contributed by atoms with Crippen molar-refractivity contribution in [2.75, 3.05) is 0 Å². The monoisotopic (exact) mass is 365 g/mol. The molecule has 0 aliphatic carbocycles. The van der Waals surface area contributed by atoms with Crippen LogP contribution >= 0.6 is 11.6 Å². The zero-order valence-corrected chi connectivity index (χ0v) is 14.6. The molecule has 0 aliphatic heterocycles. The fourth-order valence-electron chi connectivity index (χ4n) is 2.16. The number of rotatable bonds is 6. The van der Waals surface area contributed by atoms with Crippen LogP contribution in [0.2, 0.25) is 5.02 Å². The van der Waals surface area contributed by atoms with E-state index in [1.165, 1.54) is 6.20 Å². The molecule has 0 fully saturated rings. The van der Waals surface area contributed by atoms with Crippen molar-refractivity contribution in [1.29, 1.82) is 0 Å². The van der Waals surface area contributed by atoms with Gasteiger partial charge in [0.25, 0.3) is 5.91 Å². The zero-order valence-electron chi connectivity index (χ0n) is 13.8. The number of ether oxygens (including phenoxy) is 1. The lowest BCUT2D eigenvalue weighted by atomic mass is 10.2. The van der Waals surface area contributed by atoms with Gasteiger partial charge in [0, 0.05) is 17.4 Å². The summed E-state index contributed by atoms with van der Waals surface area (Å²) in [7, 11) is 0. The van der Waals surface area contributed by atoms with E-state index in [1.807, 2.05) is 48.5 Å². The highest BCUT2D eigenvalue weighted by Crippen LogP contribution is 2.15. The SMILES string of the molecule is O=C(NN=Cc1cccc(OCc2ccc(Cl)cc2)c1)c1cccnc1. The third kappa shape index (κ3) is 5.16. The predicted octanol–water partition coefficient (Wildman–Crippen LogP) is 4.08. The Balaban J connectivity index is 1.56. The number of aromatic nitrogens is 1. The first-order valence-corrected chi connectivity index (χ1v) is 8.29. The molecule has 26 heavy (non-hydrogen) atoms. The van der Waals surface area contributed by atoms with Crippen LogP contribution in [0.15, 0.2) is 78.2 Å². The molecular weight excluding hydrogens is 350 g/mol. The largest absolute Gasteiger partial charge is 0.489 e. The van der Waals surface area contributed by atoms with Crippen molar-refractivity contribution in [2.45, 2.75) is 6.61 Å². The Labute approximate surface area is 156 Å². The molecule has 1 heterocycles. The van der Waals surface area contributed by atoms with Gasteiger partial charge in [-0.25, -0.2) is 5.43 Å². The van der Waals surface area contributed by atoms with Crippen LogP contribution < -0.4 is 10.2 Å². The van der Waals surface area contributed by atoms with Crippen LogP contribution in [0.1, 0.15) is 21.5 Å². The van der Waals surface area contributed by atoms with Crippen LogP contribution in [-0.2, 0) is 6.61 Å². The minimum Gasteiger partial charge on any atom is -0.489 e. The van der Waals surface area contributed by atoms with E-state index >= 15 is 0 Å². The number of halogens is 1. The summed E-state index contributed by atoms with van der Waals surface area (Å²) >= 11 is 5.87. The van der Waals surface area contributed by atoms with E-state index in [4.69, 9.17) is 16.3 Å². The van der Waals surface area contributed by atoms with Gasteiger partial charge in [-0.05, 0) is 47.5 Å². The van der Waals surface area contributed by atoms with Gasteiger partial charge in [-0.15, -0.1) is 0 Å². The maximum atomic E-state index is 11.9. The van der Waals surface area contributed by atoms with Crippen LogP contribution in [0.3, 0.4) is 0 Å². The van der Waals surface area contributed by atoms with Gasteiger partial charge in [-0.1, -0.05) is 35.9 Å². The lowest BCUT2D eigenvalue weighted by Gasteiger charge is -2.07. The first kappa shape index (κ1) is 17.6. The average molecular weight is 366 g/mol. The van der Waals surface area contributed by atoms with Crippen LogP contribution in [-0.4, -0.2) is 17.1 Å². The Kier molecular flexibility index (Phi) is 5.96. The molecule has 3 aromatic rings. The molecule has 0 radical (unpaired) electrons. The quantitative estimate of drug-likeness (QED) is 0.529. The van der Waals surface area contributed by atoms with Crippen molar-refractivity contribution < 1.29 is 9.53 Å². The first-order chi connectivity index (χ1) is 12.7. The molecular formula is C20H16ClN3O2. The number of hydrazone groups is 1. The van der Waals surface area contributed by atoms with Gasteiger partial charge in [0.05, 0.1) is 11.8 Å². The number of amides is 1. The molecule has 0 spiro atoms. The van der Waals surface area contributed by atoms with Crippen molar-refractivity contribution in [2.24, 2.45) is 5.10 Å². The Hall–Kier alpha value is -3.18. The number of benzene rings is 2. The highest BCUT2D eigenvalue weighted by molar-refractivity contribution is 6.30. The van der Waals surface area contributed by atoms with Crippen LogP contribution in [0, 0.1) is 0 Å². The molecule has 130 valence electrons. The second-order valence-electron chi connectivity index (χ2n) is 5.43. The van der Waals surface area contributed by atoms with Gasteiger partial charge < -0.3 is 4.74 Å². The summed E-state index contributed by atoms with van der Waals surface area (Å²) in [5, 5.41) is 4.66. The first-order valence-electron chi connectivity index (χ1n) is 7.91. The van der Waals surface area contributed by atoms with Crippen molar-refractivity contribution in [3.05, 3.63) is 94.8 Å². The van der Waals surface area contributed by atoms with Gasteiger partial charge in [0.2, 0.25) is 0 Å². The van der Waals surface area contributed by atoms with E-state index in [1.54, 1.807) is 24.5 Å². The lowest BCUT2D eigenvalue weighted by Crippen LogP contribution is -2.17. The summed E-state index contributed by atoms with van der Waals surface area (Å²) in [5.74, 6) is 0.395. The molecule has 0 aliphatic rings. The zero-order chi connectivity index (χ0) is 18.2. The second kappa shape index (κ2) is 8.78. The van der Waals surface area contributed by atoms with Crippen molar-refractivity contribution in [1.82, 2.24) is 10.4 Å². The molecule has 5 nitrogen and oxygen atoms in total. The van der Waals surface area contributed by atoms with E-state index in [0.29, 0.717) is 22.9 Å². The fourth-order valence-corrected chi connectivity index (χ4v) is 2.28. The summed E-state index contributed by atoms with van der Waals surface area (Å²) in [5.41, 5.74) is 4.75. The fraction of sp³-hybridized carbons (Fsp3) is 0.0500. The normalized spacial score (nSPS) is 10.7. The van der Waals surface area contributed by atoms with Crippen molar-refractivity contribution >= 4 is 23.7 Å². The summed E-state index contributed by atoms with van der Waals surface area (Å²) in [6.45, 7) is 0.440. The number of hydrogen-bond acceptors (Lipinski definition) is 4. The maximum absolute atomic E-state index is 11.9. The van der Waals surface area contributed by atoms with Gasteiger partial charge >= 0.3 is 0 Å². The summed E-state index contributed by atoms with van der Waals surface area (Å²) < 4.78 is 5.77. The molecule has 0 atom stereocenters.